The van der Waals surface area contributed by atoms with Gasteiger partial charge >= 0.3 is 6.18 Å². The number of fused-ring (bicyclic) bond motifs is 1. The van der Waals surface area contributed by atoms with E-state index in [2.05, 4.69) is 15.2 Å². The Kier molecular flexibility index (Phi) is 2.70. The van der Waals surface area contributed by atoms with Gasteiger partial charge in [0, 0.05) is 18.0 Å². The predicted octanol–water partition coefficient (Wildman–Crippen LogP) is 3.12. The molecule has 0 N–H and O–H groups in total. The molecule has 2 aromatic heterocycles. The zero-order valence-electron chi connectivity index (χ0n) is 10.4. The highest BCUT2D eigenvalue weighted by molar-refractivity contribution is 5.73. The molecule has 0 radical (unpaired) electrons. The normalized spacial score (nSPS) is 12.0. The number of aryl methyl sites for hydroxylation is 1. The lowest BCUT2D eigenvalue weighted by Crippen LogP contribution is -2.04. The molecule has 0 bridgehead atoms. The summed E-state index contributed by atoms with van der Waals surface area (Å²) in [6.45, 7) is 1.76. The Hall–Kier alpha value is -2.44. The Morgan fingerprint density at radius 1 is 1.15 bits per heavy atom. The SMILES string of the molecule is Cc1nnc2c(-c3cccc(C(F)(F)F)c3)nccn12. The number of hydrogen-bond acceptors (Lipinski definition) is 3. The smallest absolute Gasteiger partial charge is 0.283 e. The van der Waals surface area contributed by atoms with E-state index >= 15 is 0 Å². The van der Waals surface area contributed by atoms with Gasteiger partial charge in [-0.3, -0.25) is 9.38 Å². The molecule has 2 heterocycles. The van der Waals surface area contributed by atoms with E-state index < -0.39 is 11.7 Å². The summed E-state index contributed by atoms with van der Waals surface area (Å²) in [4.78, 5) is 4.12. The molecule has 0 atom stereocenters. The Morgan fingerprint density at radius 3 is 2.70 bits per heavy atom. The third kappa shape index (κ3) is 2.01. The average Bonchev–Trinajstić information content (AvgIpc) is 2.80. The first-order valence-electron chi connectivity index (χ1n) is 5.81. The second kappa shape index (κ2) is 4.29. The van der Waals surface area contributed by atoms with Crippen molar-refractivity contribution >= 4 is 5.65 Å². The number of alkyl halides is 3. The lowest BCUT2D eigenvalue weighted by molar-refractivity contribution is -0.137. The molecule has 0 unspecified atom stereocenters. The molecule has 1 aromatic carbocycles. The van der Waals surface area contributed by atoms with Crippen LogP contribution in [0.3, 0.4) is 0 Å². The van der Waals surface area contributed by atoms with Crippen molar-refractivity contribution in [2.45, 2.75) is 13.1 Å². The number of aromatic nitrogens is 4. The van der Waals surface area contributed by atoms with Crippen LogP contribution >= 0.6 is 0 Å². The van der Waals surface area contributed by atoms with Gasteiger partial charge in [-0.1, -0.05) is 12.1 Å². The van der Waals surface area contributed by atoms with Crippen LogP contribution in [0.2, 0.25) is 0 Å². The first kappa shape index (κ1) is 12.6. The highest BCUT2D eigenvalue weighted by atomic mass is 19.4. The van der Waals surface area contributed by atoms with E-state index in [9.17, 15) is 13.2 Å². The van der Waals surface area contributed by atoms with Crippen LogP contribution in [0.1, 0.15) is 11.4 Å². The van der Waals surface area contributed by atoms with Gasteiger partial charge in [0.25, 0.3) is 0 Å². The van der Waals surface area contributed by atoms with Gasteiger partial charge in [0.2, 0.25) is 0 Å². The molecule has 0 saturated heterocycles. The summed E-state index contributed by atoms with van der Waals surface area (Å²) in [5, 5.41) is 7.86. The Morgan fingerprint density at radius 2 is 1.95 bits per heavy atom. The molecule has 7 heteroatoms. The van der Waals surface area contributed by atoms with Gasteiger partial charge in [0.05, 0.1) is 5.56 Å². The number of halogens is 3. The van der Waals surface area contributed by atoms with Gasteiger partial charge in [-0.15, -0.1) is 10.2 Å². The minimum absolute atomic E-state index is 0.359. The highest BCUT2D eigenvalue weighted by Crippen LogP contribution is 2.32. The summed E-state index contributed by atoms with van der Waals surface area (Å²) in [7, 11) is 0. The second-order valence-electron chi connectivity index (χ2n) is 4.30. The zero-order valence-corrected chi connectivity index (χ0v) is 10.4. The lowest BCUT2D eigenvalue weighted by atomic mass is 10.1. The van der Waals surface area contributed by atoms with Crippen molar-refractivity contribution in [3.05, 3.63) is 48.0 Å². The van der Waals surface area contributed by atoms with Crippen LogP contribution in [0.15, 0.2) is 36.7 Å². The molecule has 3 aromatic rings. The van der Waals surface area contributed by atoms with Crippen molar-refractivity contribution in [2.75, 3.05) is 0 Å². The third-order valence-electron chi connectivity index (χ3n) is 2.96. The van der Waals surface area contributed by atoms with Crippen LogP contribution in [0.25, 0.3) is 16.9 Å². The Balaban J connectivity index is 2.21. The molecule has 0 aliphatic heterocycles. The largest absolute Gasteiger partial charge is 0.416 e. The van der Waals surface area contributed by atoms with Gasteiger partial charge in [-0.05, 0) is 19.1 Å². The molecular weight excluding hydrogens is 269 g/mol. The van der Waals surface area contributed by atoms with Crippen LogP contribution in [0.5, 0.6) is 0 Å². The van der Waals surface area contributed by atoms with Gasteiger partial charge in [0.1, 0.15) is 11.5 Å². The fourth-order valence-electron chi connectivity index (χ4n) is 1.99. The van der Waals surface area contributed by atoms with Crippen LogP contribution in [0, 0.1) is 6.92 Å². The topological polar surface area (TPSA) is 43.1 Å². The van der Waals surface area contributed by atoms with Crippen molar-refractivity contribution in [3.63, 3.8) is 0 Å². The molecule has 0 aliphatic carbocycles. The monoisotopic (exact) mass is 278 g/mol. The summed E-state index contributed by atoms with van der Waals surface area (Å²) in [5.74, 6) is 0.649. The molecule has 0 saturated carbocycles. The van der Waals surface area contributed by atoms with E-state index in [4.69, 9.17) is 0 Å². The lowest BCUT2D eigenvalue weighted by Gasteiger charge is -2.08. The molecule has 4 nitrogen and oxygen atoms in total. The fourth-order valence-corrected chi connectivity index (χ4v) is 1.99. The molecule has 102 valence electrons. The number of hydrogen-bond donors (Lipinski definition) is 0. The average molecular weight is 278 g/mol. The van der Waals surface area contributed by atoms with Gasteiger partial charge in [-0.2, -0.15) is 13.2 Å². The molecule has 3 rings (SSSR count). The van der Waals surface area contributed by atoms with E-state index in [1.54, 1.807) is 23.6 Å². The maximum atomic E-state index is 12.7. The predicted molar refractivity (Wildman–Crippen MR) is 66.0 cm³/mol. The van der Waals surface area contributed by atoms with Crippen LogP contribution in [-0.2, 0) is 6.18 Å². The molecule has 0 aliphatic rings. The highest BCUT2D eigenvalue weighted by Gasteiger charge is 2.30. The molecule has 0 spiro atoms. The molecule has 20 heavy (non-hydrogen) atoms. The standard InChI is InChI=1S/C13H9F3N4/c1-8-18-19-12-11(17-5-6-20(8)12)9-3-2-4-10(7-9)13(14,15)16/h2-7H,1H3. The van der Waals surface area contributed by atoms with E-state index in [-0.39, 0.29) is 0 Å². The maximum absolute atomic E-state index is 12.7. The minimum Gasteiger partial charge on any atom is -0.283 e. The summed E-state index contributed by atoms with van der Waals surface area (Å²) in [6, 6.07) is 5.01. The first-order valence-corrected chi connectivity index (χ1v) is 5.81. The minimum atomic E-state index is -4.38. The second-order valence-corrected chi connectivity index (χ2v) is 4.30. The van der Waals surface area contributed by atoms with E-state index in [0.717, 1.165) is 12.1 Å². The van der Waals surface area contributed by atoms with Crippen molar-refractivity contribution in [1.29, 1.82) is 0 Å². The van der Waals surface area contributed by atoms with Gasteiger partial charge in [0.15, 0.2) is 5.65 Å². The molecular formula is C13H9F3N4. The number of benzene rings is 1. The third-order valence-corrected chi connectivity index (χ3v) is 2.96. The Labute approximate surface area is 111 Å². The van der Waals surface area contributed by atoms with Crippen molar-refractivity contribution in [2.24, 2.45) is 0 Å². The Bertz CT molecular complexity index is 777. The quantitative estimate of drug-likeness (QED) is 0.687. The maximum Gasteiger partial charge on any atom is 0.416 e. The number of nitrogens with zero attached hydrogens (tertiary/aromatic N) is 4. The van der Waals surface area contributed by atoms with Crippen LogP contribution < -0.4 is 0 Å². The molecule has 0 fully saturated rings. The summed E-state index contributed by atoms with van der Waals surface area (Å²) >= 11 is 0. The summed E-state index contributed by atoms with van der Waals surface area (Å²) in [6.07, 6.45) is -1.20. The van der Waals surface area contributed by atoms with Crippen molar-refractivity contribution in [1.82, 2.24) is 19.6 Å². The summed E-state index contributed by atoms with van der Waals surface area (Å²) in [5.41, 5.74) is 0.455. The van der Waals surface area contributed by atoms with E-state index in [1.807, 2.05) is 0 Å². The van der Waals surface area contributed by atoms with Gasteiger partial charge in [-0.25, -0.2) is 0 Å². The van der Waals surface area contributed by atoms with E-state index in [0.29, 0.717) is 22.7 Å². The van der Waals surface area contributed by atoms with E-state index in [1.165, 1.54) is 12.3 Å². The summed E-state index contributed by atoms with van der Waals surface area (Å²) < 4.78 is 39.9. The van der Waals surface area contributed by atoms with Crippen molar-refractivity contribution in [3.8, 4) is 11.3 Å². The van der Waals surface area contributed by atoms with Gasteiger partial charge < -0.3 is 0 Å². The number of rotatable bonds is 1. The first-order chi connectivity index (χ1) is 9.47. The molecule has 0 amide bonds. The van der Waals surface area contributed by atoms with Crippen LogP contribution in [-0.4, -0.2) is 19.6 Å². The van der Waals surface area contributed by atoms with Crippen LogP contribution in [0.4, 0.5) is 13.2 Å². The fraction of sp³-hybridized carbons (Fsp3) is 0.154. The zero-order chi connectivity index (χ0) is 14.3. The van der Waals surface area contributed by atoms with Crippen molar-refractivity contribution < 1.29 is 13.2 Å².